The predicted octanol–water partition coefficient (Wildman–Crippen LogP) is 5.77. The highest BCUT2D eigenvalue weighted by Gasteiger charge is 2.25. The molecule has 0 spiro atoms. The molecule has 4 rings (SSSR count). The average molecular weight is 580 g/mol. The number of fused-ring (bicyclic) bond motifs is 1. The average Bonchev–Trinajstić information content (AvgIpc) is 3.49. The number of likely N-dealkylation sites (N-methyl/N-ethyl adjacent to an activating group) is 1. The molecular formula is C25H30IN3O3S. The van der Waals surface area contributed by atoms with Crippen LogP contribution in [0.2, 0.25) is 0 Å². The van der Waals surface area contributed by atoms with Gasteiger partial charge in [0, 0.05) is 66.6 Å². The van der Waals surface area contributed by atoms with E-state index in [0.717, 1.165) is 37.5 Å². The van der Waals surface area contributed by atoms with Gasteiger partial charge in [0.2, 0.25) is 0 Å². The van der Waals surface area contributed by atoms with Gasteiger partial charge in [0.05, 0.1) is 18.2 Å². The van der Waals surface area contributed by atoms with Crippen LogP contribution in [0.15, 0.2) is 42.6 Å². The van der Waals surface area contributed by atoms with Gasteiger partial charge in [-0.2, -0.15) is 0 Å². The van der Waals surface area contributed by atoms with Crippen molar-refractivity contribution in [3.8, 4) is 5.75 Å². The summed E-state index contributed by atoms with van der Waals surface area (Å²) in [5, 5.41) is 10.5. The fourth-order valence-corrected chi connectivity index (χ4v) is 6.25. The van der Waals surface area contributed by atoms with E-state index in [4.69, 9.17) is 4.74 Å². The number of nitrogens with zero attached hydrogens (tertiary/aromatic N) is 3. The van der Waals surface area contributed by atoms with Crippen LogP contribution in [0.5, 0.6) is 5.75 Å². The van der Waals surface area contributed by atoms with E-state index in [9.17, 15) is 9.90 Å². The summed E-state index contributed by atoms with van der Waals surface area (Å²) in [6.07, 6.45) is 4.59. The Kier molecular flexibility index (Phi) is 7.88. The van der Waals surface area contributed by atoms with Crippen LogP contribution in [0.3, 0.4) is 0 Å². The molecule has 0 bridgehead atoms. The number of aromatic carboxylic acids is 1. The lowest BCUT2D eigenvalue weighted by atomic mass is 10.0. The van der Waals surface area contributed by atoms with Crippen molar-refractivity contribution in [1.29, 1.82) is 0 Å². The fraction of sp³-hybridized carbons (Fsp3) is 0.400. The lowest BCUT2D eigenvalue weighted by Crippen LogP contribution is -2.35. The Bertz CT molecular complexity index is 1130. The first-order valence-corrected chi connectivity index (χ1v) is 14.5. The Balaban J connectivity index is 1.70. The first-order chi connectivity index (χ1) is 15.9. The number of hydrogen-bond acceptors (Lipinski definition) is 5. The van der Waals surface area contributed by atoms with Gasteiger partial charge < -0.3 is 14.7 Å². The highest BCUT2D eigenvalue weighted by Crippen LogP contribution is 2.37. The lowest BCUT2D eigenvalue weighted by Gasteiger charge is -2.32. The predicted molar refractivity (Wildman–Crippen MR) is 144 cm³/mol. The maximum atomic E-state index is 11.3. The summed E-state index contributed by atoms with van der Waals surface area (Å²) in [7, 11) is 5.56. The molecule has 1 atom stereocenters. The standard InChI is InChI=1S/C25H30IN3O3S/c1-17-14-23(32-3)21(20-10-13-29(33-26)24(17)20)15-27(2)22(16-28-11-4-5-12-28)18-6-8-19(9-7-18)25(30)31/h6-10,13-14,22H,4-5,11-12,15-16H2,1-3H3,(H,30,31). The van der Waals surface area contributed by atoms with E-state index in [1.54, 1.807) is 28.4 Å². The van der Waals surface area contributed by atoms with E-state index in [0.29, 0.717) is 5.56 Å². The van der Waals surface area contributed by atoms with Crippen LogP contribution in [0.4, 0.5) is 0 Å². The Morgan fingerprint density at radius 2 is 1.94 bits per heavy atom. The number of likely N-dealkylation sites (tertiary alicyclic amines) is 1. The molecular weight excluding hydrogens is 549 g/mol. The zero-order valence-corrected chi connectivity index (χ0v) is 22.2. The van der Waals surface area contributed by atoms with Gasteiger partial charge in [0.25, 0.3) is 0 Å². The highest BCUT2D eigenvalue weighted by atomic mass is 127. The van der Waals surface area contributed by atoms with Crippen molar-refractivity contribution in [2.24, 2.45) is 0 Å². The minimum atomic E-state index is -0.893. The van der Waals surface area contributed by atoms with Gasteiger partial charge in [0.15, 0.2) is 0 Å². The number of hydrogen-bond donors (Lipinski definition) is 1. The van der Waals surface area contributed by atoms with Crippen LogP contribution in [-0.4, -0.2) is 58.6 Å². The number of carboxylic acid groups (broad SMARTS) is 1. The summed E-state index contributed by atoms with van der Waals surface area (Å²) in [6.45, 7) is 6.01. The molecule has 0 aliphatic carbocycles. The first-order valence-electron chi connectivity index (χ1n) is 11.2. The zero-order valence-electron chi connectivity index (χ0n) is 19.3. The van der Waals surface area contributed by atoms with Crippen LogP contribution < -0.4 is 4.74 Å². The number of halogens is 1. The summed E-state index contributed by atoms with van der Waals surface area (Å²) < 4.78 is 8.01. The van der Waals surface area contributed by atoms with Gasteiger partial charge in [-0.1, -0.05) is 12.1 Å². The number of carboxylic acids is 1. The molecule has 1 aliphatic heterocycles. The van der Waals surface area contributed by atoms with Gasteiger partial charge >= 0.3 is 5.97 Å². The van der Waals surface area contributed by atoms with Crippen molar-refractivity contribution in [2.45, 2.75) is 32.4 Å². The molecule has 6 nitrogen and oxygen atoms in total. The first kappa shape index (κ1) is 24.4. The number of aryl methyl sites for hydroxylation is 1. The van der Waals surface area contributed by atoms with Crippen LogP contribution in [-0.2, 0) is 6.54 Å². The molecule has 2 heterocycles. The molecule has 33 heavy (non-hydrogen) atoms. The Morgan fingerprint density at radius 3 is 2.55 bits per heavy atom. The second-order valence-electron chi connectivity index (χ2n) is 8.71. The molecule has 2 aromatic carbocycles. The third kappa shape index (κ3) is 5.18. The van der Waals surface area contributed by atoms with Crippen LogP contribution in [0, 0.1) is 6.92 Å². The van der Waals surface area contributed by atoms with Crippen LogP contribution in [0.1, 0.15) is 45.9 Å². The largest absolute Gasteiger partial charge is 0.496 e. The Labute approximate surface area is 211 Å². The van der Waals surface area contributed by atoms with Crippen LogP contribution >= 0.6 is 30.3 Å². The Morgan fingerprint density at radius 1 is 1.24 bits per heavy atom. The van der Waals surface area contributed by atoms with E-state index in [1.807, 2.05) is 12.1 Å². The third-order valence-corrected chi connectivity index (χ3v) is 8.33. The number of benzene rings is 2. The van der Waals surface area contributed by atoms with Crippen molar-refractivity contribution in [3.05, 3.63) is 64.8 Å². The molecule has 1 aromatic heterocycles. The number of ether oxygens (including phenoxy) is 1. The molecule has 8 heteroatoms. The molecule has 0 saturated carbocycles. The van der Waals surface area contributed by atoms with Gasteiger partial charge in [0.1, 0.15) is 5.75 Å². The molecule has 1 N–H and O–H groups in total. The normalized spacial score (nSPS) is 15.4. The molecule has 0 radical (unpaired) electrons. The monoisotopic (exact) mass is 579 g/mol. The second-order valence-corrected chi connectivity index (χ2v) is 10.4. The third-order valence-electron chi connectivity index (χ3n) is 6.60. The van der Waals surface area contributed by atoms with E-state index < -0.39 is 5.97 Å². The van der Waals surface area contributed by atoms with Crippen molar-refractivity contribution in [2.75, 3.05) is 33.8 Å². The number of carbonyl (C=O) groups is 1. The molecule has 1 unspecified atom stereocenters. The number of aromatic nitrogens is 1. The van der Waals surface area contributed by atoms with Crippen molar-refractivity contribution in [3.63, 3.8) is 0 Å². The summed E-state index contributed by atoms with van der Waals surface area (Å²) in [5.41, 5.74) is 5.05. The zero-order chi connectivity index (χ0) is 23.5. The molecule has 3 aromatic rings. The minimum absolute atomic E-state index is 0.146. The van der Waals surface area contributed by atoms with Crippen molar-refractivity contribution in [1.82, 2.24) is 13.8 Å². The SMILES string of the molecule is COc1cc(C)c2c(ccn2SI)c1CN(C)C(CN1CCCC1)c1ccc(C(=O)O)cc1. The Hall–Kier alpha value is -1.75. The molecule has 1 saturated heterocycles. The second kappa shape index (κ2) is 10.7. The van der Waals surface area contributed by atoms with Gasteiger partial charge in [-0.05, 0) is 75.3 Å². The van der Waals surface area contributed by atoms with Gasteiger partial charge in [-0.3, -0.25) is 8.87 Å². The minimum Gasteiger partial charge on any atom is -0.496 e. The summed E-state index contributed by atoms with van der Waals surface area (Å²) >= 11 is 2.31. The van der Waals surface area contributed by atoms with Gasteiger partial charge in [-0.15, -0.1) is 0 Å². The fourth-order valence-electron chi connectivity index (χ4n) is 4.85. The smallest absolute Gasteiger partial charge is 0.335 e. The van der Waals surface area contributed by atoms with Crippen LogP contribution in [0.25, 0.3) is 10.9 Å². The maximum absolute atomic E-state index is 11.3. The van der Waals surface area contributed by atoms with Crippen molar-refractivity contribution >= 4 is 47.2 Å². The molecule has 176 valence electrons. The van der Waals surface area contributed by atoms with Gasteiger partial charge in [-0.25, -0.2) is 4.79 Å². The van der Waals surface area contributed by atoms with E-state index in [1.165, 1.54) is 34.9 Å². The molecule has 0 amide bonds. The summed E-state index contributed by atoms with van der Waals surface area (Å²) in [6, 6.07) is 11.8. The molecule has 1 fully saturated rings. The van der Waals surface area contributed by atoms with E-state index in [-0.39, 0.29) is 6.04 Å². The number of rotatable bonds is 9. The van der Waals surface area contributed by atoms with Crippen molar-refractivity contribution < 1.29 is 14.6 Å². The number of methoxy groups -OCH3 is 1. The van der Waals surface area contributed by atoms with E-state index in [2.05, 4.69) is 67.3 Å². The molecule has 1 aliphatic rings. The maximum Gasteiger partial charge on any atom is 0.335 e. The summed E-state index contributed by atoms with van der Waals surface area (Å²) in [5.74, 6) is 0.0135. The summed E-state index contributed by atoms with van der Waals surface area (Å²) in [4.78, 5) is 16.2. The quantitative estimate of drug-likeness (QED) is 0.325. The van der Waals surface area contributed by atoms with E-state index >= 15 is 0 Å². The highest BCUT2D eigenvalue weighted by molar-refractivity contribution is 14.2. The lowest BCUT2D eigenvalue weighted by molar-refractivity contribution is 0.0697. The topological polar surface area (TPSA) is 57.9 Å².